The van der Waals surface area contributed by atoms with E-state index in [1.165, 1.54) is 14.7 Å². The summed E-state index contributed by atoms with van der Waals surface area (Å²) in [6.07, 6.45) is 0.985. The molecule has 0 saturated carbocycles. The highest BCUT2D eigenvalue weighted by Gasteiger charge is 2.11. The number of halogens is 1. The monoisotopic (exact) mass is 381 g/mol. The Balaban J connectivity index is 2.13. The third kappa shape index (κ3) is 4.21. The zero-order valence-corrected chi connectivity index (χ0v) is 14.1. The van der Waals surface area contributed by atoms with Gasteiger partial charge in [0.15, 0.2) is 0 Å². The van der Waals surface area contributed by atoms with E-state index in [0.29, 0.717) is 6.04 Å². The van der Waals surface area contributed by atoms with E-state index in [1.54, 1.807) is 7.11 Å². The van der Waals surface area contributed by atoms with Crippen LogP contribution in [0.4, 0.5) is 0 Å². The predicted octanol–water partition coefficient (Wildman–Crippen LogP) is 4.19. The van der Waals surface area contributed by atoms with E-state index < -0.39 is 0 Å². The minimum absolute atomic E-state index is 0.352. The first kappa shape index (κ1) is 15.3. The first-order chi connectivity index (χ1) is 9.72. The summed E-state index contributed by atoms with van der Waals surface area (Å²) in [6, 6.07) is 17.4. The largest absolute Gasteiger partial charge is 0.497 e. The number of likely N-dealkylation sites (N-methyl/N-ethyl adjacent to an activating group) is 1. The summed E-state index contributed by atoms with van der Waals surface area (Å²) in [4.78, 5) is 0. The van der Waals surface area contributed by atoms with Crippen molar-refractivity contribution in [2.24, 2.45) is 0 Å². The summed E-state index contributed by atoms with van der Waals surface area (Å²) in [6.45, 7) is 3.11. The molecule has 0 bridgehead atoms. The van der Waals surface area contributed by atoms with Crippen LogP contribution in [-0.2, 0) is 6.42 Å². The molecule has 0 saturated heterocycles. The molecular formula is C17H20INO. The van der Waals surface area contributed by atoms with Gasteiger partial charge >= 0.3 is 0 Å². The molecule has 0 amide bonds. The van der Waals surface area contributed by atoms with Crippen molar-refractivity contribution in [3.63, 3.8) is 0 Å². The first-order valence-electron chi connectivity index (χ1n) is 6.84. The molecule has 0 aliphatic carbocycles. The number of methoxy groups -OCH3 is 1. The van der Waals surface area contributed by atoms with Gasteiger partial charge in [-0.2, -0.15) is 0 Å². The van der Waals surface area contributed by atoms with Crippen LogP contribution < -0.4 is 10.1 Å². The second-order valence-electron chi connectivity index (χ2n) is 4.71. The van der Waals surface area contributed by atoms with Crippen LogP contribution in [-0.4, -0.2) is 13.7 Å². The Morgan fingerprint density at radius 1 is 1.05 bits per heavy atom. The highest BCUT2D eigenvalue weighted by atomic mass is 127. The molecule has 20 heavy (non-hydrogen) atoms. The molecule has 2 nitrogen and oxygen atoms in total. The Hall–Kier alpha value is -1.07. The van der Waals surface area contributed by atoms with Crippen molar-refractivity contribution in [1.29, 1.82) is 0 Å². The summed E-state index contributed by atoms with van der Waals surface area (Å²) in [5.41, 5.74) is 2.65. The van der Waals surface area contributed by atoms with E-state index in [1.807, 2.05) is 12.1 Å². The van der Waals surface area contributed by atoms with Crippen molar-refractivity contribution < 1.29 is 4.74 Å². The Morgan fingerprint density at radius 3 is 2.25 bits per heavy atom. The van der Waals surface area contributed by atoms with Crippen molar-refractivity contribution >= 4 is 22.6 Å². The highest BCUT2D eigenvalue weighted by molar-refractivity contribution is 14.1. The Kier molecular flexibility index (Phi) is 5.86. The highest BCUT2D eigenvalue weighted by Crippen LogP contribution is 2.21. The lowest BCUT2D eigenvalue weighted by Gasteiger charge is -2.19. The van der Waals surface area contributed by atoms with Gasteiger partial charge in [0.2, 0.25) is 0 Å². The molecule has 2 rings (SSSR count). The molecule has 0 heterocycles. The van der Waals surface area contributed by atoms with Gasteiger partial charge in [-0.25, -0.2) is 0 Å². The summed E-state index contributed by atoms with van der Waals surface area (Å²) < 4.78 is 6.47. The van der Waals surface area contributed by atoms with Gasteiger partial charge in [0, 0.05) is 9.61 Å². The number of benzene rings is 2. The Bertz CT molecular complexity index is 522. The Morgan fingerprint density at radius 2 is 1.70 bits per heavy atom. The maximum Gasteiger partial charge on any atom is 0.118 e. The zero-order valence-electron chi connectivity index (χ0n) is 11.9. The van der Waals surface area contributed by atoms with Gasteiger partial charge in [0.05, 0.1) is 7.11 Å². The predicted molar refractivity (Wildman–Crippen MR) is 92.3 cm³/mol. The summed E-state index contributed by atoms with van der Waals surface area (Å²) in [5, 5.41) is 3.56. The van der Waals surface area contributed by atoms with Crippen LogP contribution in [0, 0.1) is 3.57 Å². The number of nitrogens with one attached hydrogen (secondary N) is 1. The fourth-order valence-electron chi connectivity index (χ4n) is 2.25. The number of hydrogen-bond acceptors (Lipinski definition) is 2. The fourth-order valence-corrected chi connectivity index (χ4v) is 2.61. The minimum Gasteiger partial charge on any atom is -0.497 e. The van der Waals surface area contributed by atoms with Crippen LogP contribution in [0.1, 0.15) is 24.1 Å². The molecule has 1 unspecified atom stereocenters. The smallest absolute Gasteiger partial charge is 0.118 e. The molecule has 106 valence electrons. The van der Waals surface area contributed by atoms with Crippen LogP contribution in [0.25, 0.3) is 0 Å². The molecule has 0 aliphatic heterocycles. The zero-order chi connectivity index (χ0) is 14.4. The SMILES string of the molecule is CCNC(Cc1ccc(OC)cc1)c1ccc(I)cc1. The van der Waals surface area contributed by atoms with Gasteiger partial charge in [-0.15, -0.1) is 0 Å². The average molecular weight is 381 g/mol. The summed E-state index contributed by atoms with van der Waals surface area (Å²) in [5.74, 6) is 0.906. The van der Waals surface area contributed by atoms with Gasteiger partial charge in [-0.1, -0.05) is 31.2 Å². The van der Waals surface area contributed by atoms with Gasteiger partial charge in [-0.05, 0) is 70.9 Å². The molecule has 0 aromatic heterocycles. The normalized spacial score (nSPS) is 12.2. The fraction of sp³-hybridized carbons (Fsp3) is 0.294. The number of ether oxygens (including phenoxy) is 1. The van der Waals surface area contributed by atoms with Gasteiger partial charge in [0.1, 0.15) is 5.75 Å². The lowest BCUT2D eigenvalue weighted by atomic mass is 9.99. The molecule has 1 N–H and O–H groups in total. The van der Waals surface area contributed by atoms with Crippen LogP contribution in [0.2, 0.25) is 0 Å². The number of hydrogen-bond donors (Lipinski definition) is 1. The molecule has 2 aromatic carbocycles. The van der Waals surface area contributed by atoms with E-state index in [-0.39, 0.29) is 0 Å². The average Bonchev–Trinajstić information content (AvgIpc) is 2.48. The molecular weight excluding hydrogens is 361 g/mol. The van der Waals surface area contributed by atoms with Crippen LogP contribution in [0.3, 0.4) is 0 Å². The van der Waals surface area contributed by atoms with Gasteiger partial charge < -0.3 is 10.1 Å². The topological polar surface area (TPSA) is 21.3 Å². The second kappa shape index (κ2) is 7.64. The maximum absolute atomic E-state index is 5.20. The minimum atomic E-state index is 0.352. The third-order valence-corrected chi connectivity index (χ3v) is 4.04. The molecule has 2 aromatic rings. The van der Waals surface area contributed by atoms with Gasteiger partial charge in [0.25, 0.3) is 0 Å². The first-order valence-corrected chi connectivity index (χ1v) is 7.92. The molecule has 1 atom stereocenters. The maximum atomic E-state index is 5.20. The summed E-state index contributed by atoms with van der Waals surface area (Å²) >= 11 is 2.34. The van der Waals surface area contributed by atoms with E-state index in [9.17, 15) is 0 Å². The van der Waals surface area contributed by atoms with E-state index in [0.717, 1.165) is 18.7 Å². The quantitative estimate of drug-likeness (QED) is 0.758. The van der Waals surface area contributed by atoms with Crippen molar-refractivity contribution in [2.75, 3.05) is 13.7 Å². The van der Waals surface area contributed by atoms with Crippen molar-refractivity contribution in [3.05, 3.63) is 63.2 Å². The second-order valence-corrected chi connectivity index (χ2v) is 5.96. The lowest BCUT2D eigenvalue weighted by molar-refractivity contribution is 0.414. The van der Waals surface area contributed by atoms with Crippen LogP contribution in [0.5, 0.6) is 5.75 Å². The van der Waals surface area contributed by atoms with Crippen molar-refractivity contribution in [3.8, 4) is 5.75 Å². The summed E-state index contributed by atoms with van der Waals surface area (Å²) in [7, 11) is 1.70. The van der Waals surface area contributed by atoms with E-state index >= 15 is 0 Å². The standard InChI is InChI=1S/C17H20INO/c1-3-19-17(14-6-8-15(18)9-7-14)12-13-4-10-16(20-2)11-5-13/h4-11,17,19H,3,12H2,1-2H3. The van der Waals surface area contributed by atoms with Crippen molar-refractivity contribution in [2.45, 2.75) is 19.4 Å². The molecule has 0 spiro atoms. The third-order valence-electron chi connectivity index (χ3n) is 3.32. The molecule has 3 heteroatoms. The van der Waals surface area contributed by atoms with Crippen LogP contribution in [0.15, 0.2) is 48.5 Å². The number of rotatable bonds is 6. The van der Waals surface area contributed by atoms with E-state index in [2.05, 4.69) is 71.2 Å². The van der Waals surface area contributed by atoms with Gasteiger partial charge in [-0.3, -0.25) is 0 Å². The molecule has 0 aliphatic rings. The molecule has 0 fully saturated rings. The van der Waals surface area contributed by atoms with Crippen molar-refractivity contribution in [1.82, 2.24) is 5.32 Å². The van der Waals surface area contributed by atoms with Crippen LogP contribution >= 0.6 is 22.6 Å². The van der Waals surface area contributed by atoms with E-state index in [4.69, 9.17) is 4.74 Å². The Labute approximate surface area is 134 Å². The lowest BCUT2D eigenvalue weighted by Crippen LogP contribution is -2.22. The molecule has 0 radical (unpaired) electrons.